The highest BCUT2D eigenvalue weighted by Gasteiger charge is 2.45. The summed E-state index contributed by atoms with van der Waals surface area (Å²) in [5.41, 5.74) is 2.62. The van der Waals surface area contributed by atoms with Gasteiger partial charge in [0.25, 0.3) is 0 Å². The monoisotopic (exact) mass is 784 g/mol. The fourth-order valence-electron chi connectivity index (χ4n) is 7.98. The van der Waals surface area contributed by atoms with Gasteiger partial charge in [-0.1, -0.05) is 23.4 Å². The minimum Gasteiger partial charge on any atom is -0.506 e. The standard InChI is InChI=1S/C40H44N6O7S2/c1-45(25-7-9-26(10-8-25)53-39(50)40(51,33-5-2-19-54-33)34-6-3-20-55-34)16-4-17-46-37-30(43-44-46)21-24(27-15-18-52-38(27)37)22-41-23-32(48)28-11-13-31(47)36-29(28)12-14-35(49)42-36/h2-3,5-6,11-14,19-21,25-26,32,41,47-48,51H,4,7-10,15-18,22-23H2,1H3,(H,42,49)/t25-,26-,32-/m0/s1. The molecule has 55 heavy (non-hydrogen) atoms. The quantitative estimate of drug-likeness (QED) is 0.0944. The number of nitrogens with one attached hydrogen (secondary N) is 2. The van der Waals surface area contributed by atoms with Crippen LogP contribution in [0.15, 0.2) is 70.2 Å². The molecule has 0 unspecified atom stereocenters. The number of aliphatic hydroxyl groups is 2. The Kier molecular flexibility index (Phi) is 10.7. The smallest absolute Gasteiger partial charge is 0.349 e. The van der Waals surface area contributed by atoms with Gasteiger partial charge in [0.2, 0.25) is 11.2 Å². The summed E-state index contributed by atoms with van der Waals surface area (Å²) in [7, 11) is 2.14. The number of H-pyrrole nitrogens is 1. The van der Waals surface area contributed by atoms with Crippen molar-refractivity contribution in [1.82, 2.24) is 30.2 Å². The highest BCUT2D eigenvalue weighted by atomic mass is 32.1. The third-order valence-corrected chi connectivity index (χ3v) is 12.9. The van der Waals surface area contributed by atoms with Gasteiger partial charge in [-0.3, -0.25) is 4.79 Å². The van der Waals surface area contributed by atoms with Gasteiger partial charge >= 0.3 is 5.97 Å². The fraction of sp³-hybridized carbons (Fsp3) is 0.400. The van der Waals surface area contributed by atoms with E-state index in [1.807, 2.05) is 33.6 Å². The first kappa shape index (κ1) is 37.3. The minimum atomic E-state index is -1.79. The lowest BCUT2D eigenvalue weighted by molar-refractivity contribution is -0.169. The first-order valence-corrected chi connectivity index (χ1v) is 20.4. The normalized spacial score (nSPS) is 17.8. The maximum absolute atomic E-state index is 13.4. The van der Waals surface area contributed by atoms with E-state index in [-0.39, 0.29) is 24.0 Å². The zero-order valence-electron chi connectivity index (χ0n) is 30.4. The number of esters is 1. The Morgan fingerprint density at radius 1 is 1.13 bits per heavy atom. The van der Waals surface area contributed by atoms with Crippen molar-refractivity contribution < 1.29 is 29.6 Å². The van der Waals surface area contributed by atoms with E-state index in [0.29, 0.717) is 52.0 Å². The highest BCUT2D eigenvalue weighted by Crippen LogP contribution is 2.39. The summed E-state index contributed by atoms with van der Waals surface area (Å²) in [6.07, 6.45) is 3.84. The third kappa shape index (κ3) is 7.39. The molecule has 2 aliphatic rings. The second kappa shape index (κ2) is 15.8. The molecule has 6 aromatic rings. The molecule has 8 rings (SSSR count). The second-order valence-corrected chi connectivity index (χ2v) is 16.3. The van der Waals surface area contributed by atoms with Gasteiger partial charge in [0, 0.05) is 49.1 Å². The Labute approximate surface area is 325 Å². The Balaban J connectivity index is 0.842. The van der Waals surface area contributed by atoms with Crippen LogP contribution in [0.2, 0.25) is 0 Å². The van der Waals surface area contributed by atoms with Gasteiger partial charge in [0.1, 0.15) is 22.9 Å². The molecule has 288 valence electrons. The van der Waals surface area contributed by atoms with Crippen molar-refractivity contribution in [2.45, 2.75) is 75.5 Å². The van der Waals surface area contributed by atoms with Crippen molar-refractivity contribution in [2.24, 2.45) is 0 Å². The first-order chi connectivity index (χ1) is 26.7. The summed E-state index contributed by atoms with van der Waals surface area (Å²) in [6, 6.07) is 15.8. The lowest BCUT2D eigenvalue weighted by Crippen LogP contribution is -2.42. The lowest BCUT2D eigenvalue weighted by atomic mass is 9.91. The molecule has 0 saturated heterocycles. The Hall–Kier alpha value is -4.64. The molecule has 4 aromatic heterocycles. The molecule has 5 heterocycles. The van der Waals surface area contributed by atoms with E-state index in [1.54, 1.807) is 24.3 Å². The summed E-state index contributed by atoms with van der Waals surface area (Å²) < 4.78 is 14.0. The molecule has 15 heteroatoms. The van der Waals surface area contributed by atoms with Gasteiger partial charge in [-0.2, -0.15) is 0 Å². The number of rotatable bonds is 14. The molecule has 0 spiro atoms. The SMILES string of the molecule is CN(CCCn1nnc2cc(CNC[C@H](O)c3ccc(O)c4[nH]c(=O)ccc34)c3c(c21)OCC3)[C@H]1CC[C@H](OC(=O)C(O)(c2cccs2)c2cccs2)CC1. The fourth-order valence-corrected chi connectivity index (χ4v) is 9.70. The van der Waals surface area contributed by atoms with E-state index in [1.165, 1.54) is 34.8 Å². The largest absolute Gasteiger partial charge is 0.506 e. The molecule has 0 radical (unpaired) electrons. The minimum absolute atomic E-state index is 0.0456. The molecule has 2 aromatic carbocycles. The lowest BCUT2D eigenvalue weighted by Gasteiger charge is -2.35. The molecular weight excluding hydrogens is 741 g/mol. The van der Waals surface area contributed by atoms with E-state index < -0.39 is 17.7 Å². The number of aromatic amines is 1. The molecule has 1 fully saturated rings. The van der Waals surface area contributed by atoms with Gasteiger partial charge in [-0.05, 0) is 97.9 Å². The van der Waals surface area contributed by atoms with E-state index >= 15 is 0 Å². The average Bonchev–Trinajstić information content (AvgIpc) is 4.03. The molecule has 0 bridgehead atoms. The number of aryl methyl sites for hydroxylation is 1. The van der Waals surface area contributed by atoms with Crippen LogP contribution in [0, 0.1) is 0 Å². The molecule has 5 N–H and O–H groups in total. The van der Waals surface area contributed by atoms with Crippen LogP contribution < -0.4 is 15.6 Å². The van der Waals surface area contributed by atoms with Crippen molar-refractivity contribution in [3.8, 4) is 11.5 Å². The number of carbonyl (C=O) groups excluding carboxylic acids is 1. The van der Waals surface area contributed by atoms with E-state index in [4.69, 9.17) is 9.47 Å². The predicted octanol–water partition coefficient (Wildman–Crippen LogP) is 4.97. The second-order valence-electron chi connectivity index (χ2n) is 14.4. The van der Waals surface area contributed by atoms with Gasteiger partial charge in [0.15, 0.2) is 5.75 Å². The Morgan fingerprint density at radius 2 is 1.89 bits per heavy atom. The van der Waals surface area contributed by atoms with Gasteiger partial charge < -0.3 is 40.0 Å². The molecule has 1 aliphatic heterocycles. The summed E-state index contributed by atoms with van der Waals surface area (Å²) in [5, 5.41) is 49.5. The van der Waals surface area contributed by atoms with Crippen LogP contribution in [-0.4, -0.2) is 85.1 Å². The number of thiophene rings is 2. The highest BCUT2D eigenvalue weighted by molar-refractivity contribution is 7.12. The summed E-state index contributed by atoms with van der Waals surface area (Å²) in [5.74, 6) is 0.169. The zero-order chi connectivity index (χ0) is 38.1. The maximum atomic E-state index is 13.4. The number of aromatic hydroxyl groups is 1. The number of hydrogen-bond donors (Lipinski definition) is 5. The molecule has 1 saturated carbocycles. The third-order valence-electron chi connectivity index (χ3n) is 10.9. The predicted molar refractivity (Wildman–Crippen MR) is 211 cm³/mol. The number of nitrogens with zero attached hydrogens (tertiary/aromatic N) is 4. The maximum Gasteiger partial charge on any atom is 0.349 e. The van der Waals surface area contributed by atoms with Crippen LogP contribution in [0.4, 0.5) is 0 Å². The number of aromatic nitrogens is 4. The van der Waals surface area contributed by atoms with Crippen LogP contribution in [0.25, 0.3) is 21.9 Å². The van der Waals surface area contributed by atoms with Crippen LogP contribution in [0.3, 0.4) is 0 Å². The van der Waals surface area contributed by atoms with Crippen LogP contribution in [0.1, 0.15) is 64.7 Å². The number of phenolic OH excluding ortho intramolecular Hbond substituents is 1. The van der Waals surface area contributed by atoms with Crippen molar-refractivity contribution in [2.75, 3.05) is 26.7 Å². The first-order valence-electron chi connectivity index (χ1n) is 18.7. The molecule has 0 amide bonds. The average molecular weight is 785 g/mol. The summed E-state index contributed by atoms with van der Waals surface area (Å²) in [6.45, 7) is 2.88. The molecule has 13 nitrogen and oxygen atoms in total. The number of fused-ring (bicyclic) bond motifs is 4. The van der Waals surface area contributed by atoms with Crippen LogP contribution >= 0.6 is 22.7 Å². The molecule has 1 aliphatic carbocycles. The zero-order valence-corrected chi connectivity index (χ0v) is 32.1. The van der Waals surface area contributed by atoms with Gasteiger partial charge in [-0.25, -0.2) is 9.48 Å². The van der Waals surface area contributed by atoms with Gasteiger partial charge in [0.05, 0.1) is 28.0 Å². The number of pyridine rings is 1. The topological polar surface area (TPSA) is 175 Å². The number of hydrogen-bond acceptors (Lipinski definition) is 13. The van der Waals surface area contributed by atoms with E-state index in [9.17, 15) is 24.9 Å². The number of benzene rings is 2. The van der Waals surface area contributed by atoms with Crippen molar-refractivity contribution >= 4 is 50.6 Å². The number of phenols is 1. The molecular formula is C40H44N6O7S2. The number of aliphatic hydroxyl groups excluding tert-OH is 1. The number of ether oxygens (including phenoxy) is 2. The van der Waals surface area contributed by atoms with E-state index in [0.717, 1.165) is 73.0 Å². The van der Waals surface area contributed by atoms with Crippen molar-refractivity contribution in [1.29, 1.82) is 0 Å². The summed E-state index contributed by atoms with van der Waals surface area (Å²) in [4.78, 5) is 31.4. The summed E-state index contributed by atoms with van der Waals surface area (Å²) >= 11 is 2.70. The molecule has 1 atom stereocenters. The van der Waals surface area contributed by atoms with Crippen molar-refractivity contribution in [3.05, 3.63) is 102 Å². The van der Waals surface area contributed by atoms with Gasteiger partial charge in [-0.15, -0.1) is 27.8 Å². The van der Waals surface area contributed by atoms with E-state index in [2.05, 4.69) is 32.6 Å². The van der Waals surface area contributed by atoms with Crippen LogP contribution in [-0.2, 0) is 34.6 Å². The van der Waals surface area contributed by atoms with Crippen LogP contribution in [0.5, 0.6) is 11.5 Å². The Morgan fingerprint density at radius 3 is 2.62 bits per heavy atom. The Bertz CT molecular complexity index is 2300. The van der Waals surface area contributed by atoms with Crippen molar-refractivity contribution in [3.63, 3.8) is 0 Å². The number of carbonyl (C=O) groups is 1.